The Labute approximate surface area is 128 Å². The zero-order valence-electron chi connectivity index (χ0n) is 13.7. The number of nitrogens with one attached hydrogen (secondary N) is 1. The Morgan fingerprint density at radius 3 is 2.57 bits per heavy atom. The highest BCUT2D eigenvalue weighted by atomic mass is 16.4. The Morgan fingerprint density at radius 1 is 1.29 bits per heavy atom. The first kappa shape index (κ1) is 17.7. The van der Waals surface area contributed by atoms with Crippen molar-refractivity contribution in [3.63, 3.8) is 0 Å². The van der Waals surface area contributed by atoms with E-state index in [1.807, 2.05) is 0 Å². The van der Waals surface area contributed by atoms with E-state index in [1.165, 1.54) is 11.1 Å². The van der Waals surface area contributed by atoms with Gasteiger partial charge >= 0.3 is 5.97 Å². The van der Waals surface area contributed by atoms with Gasteiger partial charge in [0, 0.05) is 12.6 Å². The maximum Gasteiger partial charge on any atom is 0.307 e. The maximum atomic E-state index is 11.2. The highest BCUT2D eigenvalue weighted by Crippen LogP contribution is 2.12. The Bertz CT molecular complexity index is 443. The minimum atomic E-state index is -0.693. The van der Waals surface area contributed by atoms with Gasteiger partial charge in [0.2, 0.25) is 0 Å². The van der Waals surface area contributed by atoms with Crippen molar-refractivity contribution in [3.05, 3.63) is 35.4 Å². The van der Waals surface area contributed by atoms with Crippen LogP contribution in [-0.2, 0) is 11.2 Å². The van der Waals surface area contributed by atoms with Crippen LogP contribution in [-0.4, -0.2) is 23.7 Å². The summed E-state index contributed by atoms with van der Waals surface area (Å²) < 4.78 is 0. The van der Waals surface area contributed by atoms with Gasteiger partial charge in [-0.1, -0.05) is 43.7 Å². The lowest BCUT2D eigenvalue weighted by Gasteiger charge is -2.19. The summed E-state index contributed by atoms with van der Waals surface area (Å²) in [4.78, 5) is 11.2. The molecule has 1 aromatic rings. The van der Waals surface area contributed by atoms with E-state index in [1.54, 1.807) is 0 Å². The van der Waals surface area contributed by atoms with E-state index in [0.717, 1.165) is 19.3 Å². The fraction of sp³-hybridized carbons (Fsp3) is 0.611. The summed E-state index contributed by atoms with van der Waals surface area (Å²) in [6, 6.07) is 8.89. The first-order valence-corrected chi connectivity index (χ1v) is 7.90. The second kappa shape index (κ2) is 8.83. The number of carbonyl (C=O) groups is 1. The average Bonchev–Trinajstić information content (AvgIpc) is 2.40. The highest BCUT2D eigenvalue weighted by Gasteiger charge is 2.19. The lowest BCUT2D eigenvalue weighted by atomic mass is 9.96. The largest absolute Gasteiger partial charge is 0.481 e. The van der Waals surface area contributed by atoms with Crippen LogP contribution >= 0.6 is 0 Å². The van der Waals surface area contributed by atoms with Gasteiger partial charge < -0.3 is 10.4 Å². The molecule has 118 valence electrons. The molecule has 3 nitrogen and oxygen atoms in total. The molecule has 0 aliphatic heterocycles. The van der Waals surface area contributed by atoms with Crippen LogP contribution in [0.2, 0.25) is 0 Å². The Balaban J connectivity index is 2.35. The molecule has 0 spiro atoms. The summed E-state index contributed by atoms with van der Waals surface area (Å²) in [5.41, 5.74) is 2.64. The monoisotopic (exact) mass is 291 g/mol. The zero-order chi connectivity index (χ0) is 15.8. The van der Waals surface area contributed by atoms with Gasteiger partial charge in [0.25, 0.3) is 0 Å². The van der Waals surface area contributed by atoms with Gasteiger partial charge in [0.1, 0.15) is 0 Å². The number of aliphatic carboxylic acids is 1. The molecule has 1 rings (SSSR count). The van der Waals surface area contributed by atoms with Crippen molar-refractivity contribution in [2.75, 3.05) is 6.54 Å². The summed E-state index contributed by atoms with van der Waals surface area (Å²) in [7, 11) is 0. The SMILES string of the molecule is Cc1cccc(CCC(C)NCC(CC(C)C)C(=O)O)c1. The quantitative estimate of drug-likeness (QED) is 0.730. The van der Waals surface area contributed by atoms with E-state index in [-0.39, 0.29) is 5.92 Å². The molecule has 0 saturated carbocycles. The van der Waals surface area contributed by atoms with Gasteiger partial charge in [-0.25, -0.2) is 0 Å². The van der Waals surface area contributed by atoms with E-state index >= 15 is 0 Å². The summed E-state index contributed by atoms with van der Waals surface area (Å²) >= 11 is 0. The number of carboxylic acid groups (broad SMARTS) is 1. The lowest BCUT2D eigenvalue weighted by Crippen LogP contribution is -2.35. The number of carboxylic acids is 1. The summed E-state index contributed by atoms with van der Waals surface area (Å²) in [5.74, 6) is -0.566. The third-order valence-electron chi connectivity index (χ3n) is 3.77. The maximum absolute atomic E-state index is 11.2. The van der Waals surface area contributed by atoms with Gasteiger partial charge in [-0.05, 0) is 44.6 Å². The van der Waals surface area contributed by atoms with Gasteiger partial charge in [-0.15, -0.1) is 0 Å². The fourth-order valence-corrected chi connectivity index (χ4v) is 2.54. The summed E-state index contributed by atoms with van der Waals surface area (Å²) in [6.45, 7) is 8.93. The van der Waals surface area contributed by atoms with Crippen LogP contribution in [0.5, 0.6) is 0 Å². The normalized spacial score (nSPS) is 14.1. The molecule has 2 unspecified atom stereocenters. The molecule has 0 bridgehead atoms. The van der Waals surface area contributed by atoms with Crippen molar-refractivity contribution < 1.29 is 9.90 Å². The van der Waals surface area contributed by atoms with E-state index in [0.29, 0.717) is 18.5 Å². The molecule has 2 N–H and O–H groups in total. The molecule has 0 fully saturated rings. The molecule has 1 aromatic carbocycles. The zero-order valence-corrected chi connectivity index (χ0v) is 13.7. The molecule has 0 radical (unpaired) electrons. The molecule has 0 heterocycles. The standard InChI is InChI=1S/C18H29NO2/c1-13(2)10-17(18(20)21)12-19-15(4)8-9-16-7-5-6-14(3)11-16/h5-7,11,13,15,17,19H,8-10,12H2,1-4H3,(H,20,21). The summed E-state index contributed by atoms with van der Waals surface area (Å²) in [6.07, 6.45) is 2.78. The number of hydrogen-bond donors (Lipinski definition) is 2. The summed E-state index contributed by atoms with van der Waals surface area (Å²) in [5, 5.41) is 12.6. The number of rotatable bonds is 9. The van der Waals surface area contributed by atoms with Gasteiger partial charge in [0.05, 0.1) is 5.92 Å². The van der Waals surface area contributed by atoms with Crippen molar-refractivity contribution >= 4 is 5.97 Å². The number of aryl methyl sites for hydroxylation is 2. The first-order valence-electron chi connectivity index (χ1n) is 7.90. The van der Waals surface area contributed by atoms with E-state index in [2.05, 4.69) is 57.3 Å². The van der Waals surface area contributed by atoms with Crippen molar-refractivity contribution in [1.29, 1.82) is 0 Å². The average molecular weight is 291 g/mol. The van der Waals surface area contributed by atoms with Crippen LogP contribution in [0.1, 0.15) is 44.7 Å². The molecule has 0 aromatic heterocycles. The molecule has 3 heteroatoms. The predicted molar refractivity (Wildman–Crippen MR) is 87.5 cm³/mol. The van der Waals surface area contributed by atoms with Crippen LogP contribution in [0.3, 0.4) is 0 Å². The smallest absolute Gasteiger partial charge is 0.307 e. The van der Waals surface area contributed by atoms with Crippen LogP contribution in [0.25, 0.3) is 0 Å². The third kappa shape index (κ3) is 7.28. The van der Waals surface area contributed by atoms with Gasteiger partial charge in [-0.2, -0.15) is 0 Å². The van der Waals surface area contributed by atoms with Crippen LogP contribution in [0, 0.1) is 18.8 Å². The van der Waals surface area contributed by atoms with Crippen LogP contribution in [0.15, 0.2) is 24.3 Å². The fourth-order valence-electron chi connectivity index (χ4n) is 2.54. The number of benzene rings is 1. The highest BCUT2D eigenvalue weighted by molar-refractivity contribution is 5.70. The van der Waals surface area contributed by atoms with E-state index < -0.39 is 5.97 Å². The second-order valence-corrected chi connectivity index (χ2v) is 6.50. The molecule has 0 saturated heterocycles. The third-order valence-corrected chi connectivity index (χ3v) is 3.77. The molecular formula is C18H29NO2. The van der Waals surface area contributed by atoms with Crippen molar-refractivity contribution in [2.45, 2.75) is 53.0 Å². The lowest BCUT2D eigenvalue weighted by molar-refractivity contribution is -0.142. The Hall–Kier alpha value is -1.35. The molecular weight excluding hydrogens is 262 g/mol. The topological polar surface area (TPSA) is 49.3 Å². The van der Waals surface area contributed by atoms with Crippen LogP contribution in [0.4, 0.5) is 0 Å². The Kier molecular flexibility index (Phi) is 7.44. The van der Waals surface area contributed by atoms with Crippen molar-refractivity contribution in [1.82, 2.24) is 5.32 Å². The van der Waals surface area contributed by atoms with Crippen molar-refractivity contribution in [3.8, 4) is 0 Å². The molecule has 0 aliphatic carbocycles. The number of hydrogen-bond acceptors (Lipinski definition) is 2. The van der Waals surface area contributed by atoms with Gasteiger partial charge in [-0.3, -0.25) is 4.79 Å². The minimum absolute atomic E-state index is 0.286. The van der Waals surface area contributed by atoms with E-state index in [9.17, 15) is 9.90 Å². The molecule has 0 aliphatic rings. The molecule has 2 atom stereocenters. The van der Waals surface area contributed by atoms with Crippen molar-refractivity contribution in [2.24, 2.45) is 11.8 Å². The predicted octanol–water partition coefficient (Wildman–Crippen LogP) is 3.65. The first-order chi connectivity index (χ1) is 9.88. The molecule has 21 heavy (non-hydrogen) atoms. The van der Waals surface area contributed by atoms with E-state index in [4.69, 9.17) is 0 Å². The minimum Gasteiger partial charge on any atom is -0.481 e. The second-order valence-electron chi connectivity index (χ2n) is 6.50. The molecule has 0 amide bonds. The van der Waals surface area contributed by atoms with Gasteiger partial charge in [0.15, 0.2) is 0 Å². The van der Waals surface area contributed by atoms with Crippen LogP contribution < -0.4 is 5.32 Å². The Morgan fingerprint density at radius 2 is 2.00 bits per heavy atom.